The molecule has 0 radical (unpaired) electrons. The minimum atomic E-state index is -0.963. The van der Waals surface area contributed by atoms with E-state index >= 15 is 0 Å². The number of H-pyrrole nitrogens is 1. The number of aromatic nitrogens is 2. The largest absolute Gasteiger partial charge is 0.482 e. The minimum Gasteiger partial charge on any atom is -0.482 e. The number of para-hydroxylation sites is 1. The van der Waals surface area contributed by atoms with Crippen molar-refractivity contribution >= 4 is 5.97 Å². The van der Waals surface area contributed by atoms with Crippen LogP contribution in [0.4, 0.5) is 0 Å². The number of hydrogen-bond acceptors (Lipinski definition) is 4. The minimum absolute atomic E-state index is 0.312. The van der Waals surface area contributed by atoms with Crippen molar-refractivity contribution in [1.29, 1.82) is 0 Å². The van der Waals surface area contributed by atoms with Crippen LogP contribution in [0.3, 0.4) is 0 Å². The zero-order chi connectivity index (χ0) is 15.4. The topological polar surface area (TPSA) is 78.5 Å². The normalized spacial score (nSPS) is 18.5. The van der Waals surface area contributed by atoms with Gasteiger partial charge in [0.05, 0.1) is 0 Å². The predicted octanol–water partition coefficient (Wildman–Crippen LogP) is 1.86. The molecule has 116 valence electrons. The average Bonchev–Trinajstić information content (AvgIpc) is 3.17. The quantitative estimate of drug-likeness (QED) is 0.851. The molecule has 1 atom stereocenters. The summed E-state index contributed by atoms with van der Waals surface area (Å²) in [5.41, 5.74) is 2.20. The van der Waals surface area contributed by atoms with Crippen LogP contribution in [-0.2, 0) is 11.3 Å². The summed E-state index contributed by atoms with van der Waals surface area (Å²) >= 11 is 0. The van der Waals surface area contributed by atoms with Crippen molar-refractivity contribution in [2.24, 2.45) is 0 Å². The number of carboxylic acid groups (broad SMARTS) is 1. The number of likely N-dealkylation sites (tertiary alicyclic amines) is 1. The van der Waals surface area contributed by atoms with E-state index in [-0.39, 0.29) is 6.61 Å². The Morgan fingerprint density at radius 1 is 1.41 bits per heavy atom. The Bertz CT molecular complexity index is 627. The highest BCUT2D eigenvalue weighted by atomic mass is 16.5. The van der Waals surface area contributed by atoms with E-state index < -0.39 is 5.97 Å². The number of aromatic amines is 1. The molecular weight excluding hydrogens is 282 g/mol. The molecule has 0 aliphatic carbocycles. The third-order valence-electron chi connectivity index (χ3n) is 3.95. The third kappa shape index (κ3) is 3.46. The first-order valence-corrected chi connectivity index (χ1v) is 7.36. The van der Waals surface area contributed by atoms with Crippen LogP contribution in [0.25, 0.3) is 0 Å². The summed E-state index contributed by atoms with van der Waals surface area (Å²) in [7, 11) is 0. The Morgan fingerprint density at radius 3 is 3.05 bits per heavy atom. The smallest absolute Gasteiger partial charge is 0.341 e. The monoisotopic (exact) mass is 301 g/mol. The van der Waals surface area contributed by atoms with E-state index in [2.05, 4.69) is 15.1 Å². The number of ether oxygens (including phenoxy) is 1. The molecule has 1 aromatic carbocycles. The summed E-state index contributed by atoms with van der Waals surface area (Å²) in [6.07, 6.45) is 2.88. The molecule has 1 unspecified atom stereocenters. The molecule has 1 aliphatic rings. The Labute approximate surface area is 128 Å². The van der Waals surface area contributed by atoms with Crippen LogP contribution in [-0.4, -0.2) is 45.9 Å². The second-order valence-corrected chi connectivity index (χ2v) is 5.52. The first-order chi connectivity index (χ1) is 10.7. The number of nitrogens with one attached hydrogen (secondary N) is 1. The van der Waals surface area contributed by atoms with E-state index in [1.165, 1.54) is 5.69 Å². The summed E-state index contributed by atoms with van der Waals surface area (Å²) in [6.45, 7) is 2.43. The van der Waals surface area contributed by atoms with Crippen molar-refractivity contribution in [2.45, 2.75) is 18.9 Å². The number of carboxylic acids is 1. The maximum Gasteiger partial charge on any atom is 0.341 e. The molecule has 1 aliphatic heterocycles. The van der Waals surface area contributed by atoms with E-state index in [1.54, 1.807) is 6.20 Å². The highest BCUT2D eigenvalue weighted by molar-refractivity contribution is 5.68. The van der Waals surface area contributed by atoms with Gasteiger partial charge >= 0.3 is 5.97 Å². The lowest BCUT2D eigenvalue weighted by atomic mass is 10.1. The van der Waals surface area contributed by atoms with E-state index in [0.29, 0.717) is 11.7 Å². The van der Waals surface area contributed by atoms with E-state index in [9.17, 15) is 4.79 Å². The van der Waals surface area contributed by atoms with Gasteiger partial charge in [0.15, 0.2) is 6.61 Å². The molecule has 2 aromatic rings. The summed E-state index contributed by atoms with van der Waals surface area (Å²) in [6, 6.07) is 9.64. The molecule has 1 saturated heterocycles. The van der Waals surface area contributed by atoms with Gasteiger partial charge in [-0.05, 0) is 25.1 Å². The van der Waals surface area contributed by atoms with Crippen LogP contribution in [0.15, 0.2) is 36.5 Å². The van der Waals surface area contributed by atoms with Crippen molar-refractivity contribution in [3.05, 3.63) is 47.8 Å². The van der Waals surface area contributed by atoms with Crippen LogP contribution in [0, 0.1) is 0 Å². The molecule has 0 spiro atoms. The van der Waals surface area contributed by atoms with Crippen molar-refractivity contribution in [2.75, 3.05) is 19.7 Å². The third-order valence-corrected chi connectivity index (χ3v) is 3.95. The first kappa shape index (κ1) is 14.6. The summed E-state index contributed by atoms with van der Waals surface area (Å²) in [5.74, 6) is 0.166. The van der Waals surface area contributed by atoms with Crippen LogP contribution in [0.2, 0.25) is 0 Å². The van der Waals surface area contributed by atoms with E-state index in [4.69, 9.17) is 9.84 Å². The summed E-state index contributed by atoms with van der Waals surface area (Å²) < 4.78 is 5.37. The lowest BCUT2D eigenvalue weighted by Crippen LogP contribution is -2.20. The molecule has 2 N–H and O–H groups in total. The number of benzene rings is 1. The second-order valence-electron chi connectivity index (χ2n) is 5.52. The highest BCUT2D eigenvalue weighted by Gasteiger charge is 2.25. The molecule has 1 aromatic heterocycles. The molecule has 3 rings (SSSR count). The number of aliphatic carboxylic acids is 1. The zero-order valence-corrected chi connectivity index (χ0v) is 12.2. The first-order valence-electron chi connectivity index (χ1n) is 7.36. The Hall–Kier alpha value is -2.34. The molecule has 2 heterocycles. The molecule has 1 fully saturated rings. The predicted molar refractivity (Wildman–Crippen MR) is 80.8 cm³/mol. The van der Waals surface area contributed by atoms with Crippen molar-refractivity contribution in [3.63, 3.8) is 0 Å². The fraction of sp³-hybridized carbons (Fsp3) is 0.375. The maximum absolute atomic E-state index is 10.7. The van der Waals surface area contributed by atoms with Gasteiger partial charge in [-0.1, -0.05) is 18.2 Å². The van der Waals surface area contributed by atoms with Gasteiger partial charge in [0.25, 0.3) is 0 Å². The zero-order valence-electron chi connectivity index (χ0n) is 12.2. The number of nitrogens with zero attached hydrogens (tertiary/aromatic N) is 2. The molecule has 0 amide bonds. The van der Waals surface area contributed by atoms with Gasteiger partial charge in [0.1, 0.15) is 5.75 Å². The van der Waals surface area contributed by atoms with E-state index in [0.717, 1.165) is 31.6 Å². The van der Waals surface area contributed by atoms with Crippen molar-refractivity contribution in [3.8, 4) is 5.75 Å². The Balaban J connectivity index is 1.63. The Morgan fingerprint density at radius 2 is 2.27 bits per heavy atom. The van der Waals surface area contributed by atoms with Crippen LogP contribution in [0.5, 0.6) is 5.75 Å². The second kappa shape index (κ2) is 6.62. The van der Waals surface area contributed by atoms with Crippen LogP contribution >= 0.6 is 0 Å². The standard InChI is InChI=1S/C16H19N3O3/c20-16(21)11-22-15-4-2-1-3-13(15)10-19-8-6-12(9-19)14-5-7-17-18-14/h1-5,7,12H,6,8-11H2,(H,17,18)(H,20,21). The molecule has 6 heteroatoms. The highest BCUT2D eigenvalue weighted by Crippen LogP contribution is 2.28. The van der Waals surface area contributed by atoms with Crippen LogP contribution in [0.1, 0.15) is 23.6 Å². The average molecular weight is 301 g/mol. The van der Waals surface area contributed by atoms with Gasteiger partial charge in [0, 0.05) is 36.5 Å². The lowest BCUT2D eigenvalue weighted by molar-refractivity contribution is -0.139. The van der Waals surface area contributed by atoms with Crippen molar-refractivity contribution < 1.29 is 14.6 Å². The van der Waals surface area contributed by atoms with Crippen LogP contribution < -0.4 is 4.74 Å². The van der Waals surface area contributed by atoms with Gasteiger partial charge in [-0.15, -0.1) is 0 Å². The molecule has 0 bridgehead atoms. The number of carbonyl (C=O) groups is 1. The van der Waals surface area contributed by atoms with Gasteiger partial charge in [-0.2, -0.15) is 5.10 Å². The SMILES string of the molecule is O=C(O)COc1ccccc1CN1CCC(c2ccn[nH]2)C1. The maximum atomic E-state index is 10.7. The number of rotatable bonds is 6. The van der Waals surface area contributed by atoms with E-state index in [1.807, 2.05) is 30.3 Å². The van der Waals surface area contributed by atoms with Gasteiger partial charge in [-0.25, -0.2) is 4.79 Å². The molecule has 6 nitrogen and oxygen atoms in total. The Kier molecular flexibility index (Phi) is 4.39. The molecular formula is C16H19N3O3. The lowest BCUT2D eigenvalue weighted by Gasteiger charge is -2.18. The van der Waals surface area contributed by atoms with Gasteiger partial charge in [0.2, 0.25) is 0 Å². The summed E-state index contributed by atoms with van der Waals surface area (Å²) in [4.78, 5) is 13.0. The fourth-order valence-electron chi connectivity index (χ4n) is 2.88. The summed E-state index contributed by atoms with van der Waals surface area (Å²) in [5, 5.41) is 15.8. The van der Waals surface area contributed by atoms with Crippen molar-refractivity contribution in [1.82, 2.24) is 15.1 Å². The van der Waals surface area contributed by atoms with Gasteiger partial charge < -0.3 is 9.84 Å². The fourth-order valence-corrected chi connectivity index (χ4v) is 2.88. The molecule has 22 heavy (non-hydrogen) atoms. The van der Waals surface area contributed by atoms with Gasteiger partial charge in [-0.3, -0.25) is 10.00 Å². The number of hydrogen-bond donors (Lipinski definition) is 2. The molecule has 0 saturated carbocycles.